The maximum Gasteiger partial charge on any atom is 0.315 e. The number of rotatable bonds is 4. The Labute approximate surface area is 121 Å². The van der Waals surface area contributed by atoms with Crippen LogP contribution in [0.4, 0.5) is 5.13 Å². The molecule has 110 valence electrons. The first-order valence-corrected chi connectivity index (χ1v) is 7.38. The Hall–Kier alpha value is -1.63. The van der Waals surface area contributed by atoms with Gasteiger partial charge in [0.2, 0.25) is 5.91 Å². The lowest BCUT2D eigenvalue weighted by Gasteiger charge is -2.30. The fraction of sp³-hybridized carbons (Fsp3) is 0.615. The summed E-state index contributed by atoms with van der Waals surface area (Å²) in [5.74, 6) is -0.729. The van der Waals surface area contributed by atoms with Crippen molar-refractivity contribution in [2.45, 2.75) is 38.1 Å². The number of carbonyl (C=O) groups excluding carboxylic acids is 1. The molecule has 0 spiro atoms. The zero-order chi connectivity index (χ0) is 14.9. The third kappa shape index (κ3) is 2.92. The molecule has 20 heavy (non-hydrogen) atoms. The first-order chi connectivity index (χ1) is 9.30. The average Bonchev–Trinajstić information content (AvgIpc) is 2.83. The zero-order valence-corrected chi connectivity index (χ0v) is 12.7. The van der Waals surface area contributed by atoms with Gasteiger partial charge in [0, 0.05) is 31.4 Å². The minimum Gasteiger partial charge on any atom is -0.481 e. The van der Waals surface area contributed by atoms with Gasteiger partial charge in [-0.15, -0.1) is 11.3 Å². The van der Waals surface area contributed by atoms with E-state index in [1.165, 1.54) is 11.3 Å². The monoisotopic (exact) mass is 297 g/mol. The molecule has 1 aromatic rings. The molecule has 0 bridgehead atoms. The maximum atomic E-state index is 11.4. The minimum atomic E-state index is -0.990. The van der Waals surface area contributed by atoms with Gasteiger partial charge in [-0.25, -0.2) is 4.98 Å². The number of likely N-dealkylation sites (N-methyl/N-ethyl adjacent to an activating group) is 1. The lowest BCUT2D eigenvalue weighted by atomic mass is 9.90. The number of hydrogen-bond donors (Lipinski definition) is 2. The summed E-state index contributed by atoms with van der Waals surface area (Å²) in [6.07, 6.45) is 1.31. The number of carbonyl (C=O) groups is 2. The summed E-state index contributed by atoms with van der Waals surface area (Å²) in [5, 5.41) is 15.0. The quantitative estimate of drug-likeness (QED) is 0.881. The van der Waals surface area contributed by atoms with Gasteiger partial charge in [0.25, 0.3) is 0 Å². The molecule has 2 rings (SSSR count). The van der Waals surface area contributed by atoms with Gasteiger partial charge < -0.3 is 15.3 Å². The molecule has 2 N–H and O–H groups in total. The fourth-order valence-electron chi connectivity index (χ4n) is 2.04. The van der Waals surface area contributed by atoms with Crippen LogP contribution in [0.5, 0.6) is 0 Å². The summed E-state index contributed by atoms with van der Waals surface area (Å²) >= 11 is 1.40. The van der Waals surface area contributed by atoms with Gasteiger partial charge in [-0.05, 0) is 20.3 Å². The highest BCUT2D eigenvalue weighted by molar-refractivity contribution is 7.13. The molecular formula is C13H19N3O3S. The lowest BCUT2D eigenvalue weighted by Crippen LogP contribution is -2.43. The normalized spacial score (nSPS) is 20.1. The van der Waals surface area contributed by atoms with Crippen LogP contribution in [0.2, 0.25) is 0 Å². The second-order valence-electron chi connectivity index (χ2n) is 5.62. The second kappa shape index (κ2) is 5.40. The van der Waals surface area contributed by atoms with Gasteiger partial charge in [-0.3, -0.25) is 9.59 Å². The van der Waals surface area contributed by atoms with E-state index in [9.17, 15) is 14.7 Å². The number of amides is 1. The number of likely N-dealkylation sites (tertiary alicyclic amines) is 1. The summed E-state index contributed by atoms with van der Waals surface area (Å²) < 4.78 is 0. The molecule has 1 amide bonds. The maximum absolute atomic E-state index is 11.4. The fourth-order valence-corrected chi connectivity index (χ4v) is 3.00. The van der Waals surface area contributed by atoms with Crippen LogP contribution in [0, 0.1) is 0 Å². The molecule has 2 heterocycles. The van der Waals surface area contributed by atoms with Crippen molar-refractivity contribution in [2.24, 2.45) is 0 Å². The van der Waals surface area contributed by atoms with E-state index in [4.69, 9.17) is 0 Å². The molecule has 1 fully saturated rings. The van der Waals surface area contributed by atoms with Crippen molar-refractivity contribution in [1.82, 2.24) is 9.88 Å². The van der Waals surface area contributed by atoms with Gasteiger partial charge in [0.05, 0.1) is 5.69 Å². The molecule has 1 aliphatic heterocycles. The van der Waals surface area contributed by atoms with E-state index in [-0.39, 0.29) is 11.9 Å². The van der Waals surface area contributed by atoms with Gasteiger partial charge in [0.1, 0.15) is 5.41 Å². The van der Waals surface area contributed by atoms with E-state index in [1.54, 1.807) is 31.2 Å². The third-order valence-corrected chi connectivity index (χ3v) is 4.41. The summed E-state index contributed by atoms with van der Waals surface area (Å²) in [5.41, 5.74) is -0.437. The van der Waals surface area contributed by atoms with Crippen LogP contribution in [-0.2, 0) is 15.0 Å². The van der Waals surface area contributed by atoms with E-state index < -0.39 is 11.4 Å². The van der Waals surface area contributed by atoms with Gasteiger partial charge >= 0.3 is 5.97 Å². The van der Waals surface area contributed by atoms with Crippen LogP contribution in [0.3, 0.4) is 0 Å². The molecular weight excluding hydrogens is 278 g/mol. The Kier molecular flexibility index (Phi) is 3.99. The molecule has 1 unspecified atom stereocenters. The highest BCUT2D eigenvalue weighted by atomic mass is 32.1. The molecule has 6 nitrogen and oxygen atoms in total. The molecule has 1 saturated heterocycles. The van der Waals surface area contributed by atoms with Crippen LogP contribution in [-0.4, -0.2) is 46.5 Å². The predicted octanol–water partition coefficient (Wildman–Crippen LogP) is 1.54. The van der Waals surface area contributed by atoms with Gasteiger partial charge in [0.15, 0.2) is 5.13 Å². The Balaban J connectivity index is 2.03. The largest absolute Gasteiger partial charge is 0.481 e. The lowest BCUT2D eigenvalue weighted by molar-refractivity contribution is -0.142. The SMILES string of the molecule is CN1CC(Nc2nc(C(C)(C)C(=O)O)cs2)CCC1=O. The molecule has 1 aliphatic rings. The Morgan fingerprint density at radius 2 is 2.30 bits per heavy atom. The highest BCUT2D eigenvalue weighted by Crippen LogP contribution is 2.28. The average molecular weight is 297 g/mol. The van der Waals surface area contributed by atoms with Crippen LogP contribution < -0.4 is 5.32 Å². The van der Waals surface area contributed by atoms with Crippen molar-refractivity contribution >= 4 is 28.3 Å². The Morgan fingerprint density at radius 3 is 2.90 bits per heavy atom. The molecule has 1 aromatic heterocycles. The third-order valence-electron chi connectivity index (χ3n) is 3.63. The summed E-state index contributed by atoms with van der Waals surface area (Å²) in [6, 6.07) is 0.171. The topological polar surface area (TPSA) is 82.5 Å². The number of hydrogen-bond acceptors (Lipinski definition) is 5. The number of anilines is 1. The standard InChI is InChI=1S/C13H19N3O3S/c1-13(2,11(18)19)9-7-20-12(15-9)14-8-4-5-10(17)16(3)6-8/h7-8H,4-6H2,1-3H3,(H,14,15)(H,18,19). The number of piperidine rings is 1. The van der Waals surface area contributed by atoms with Crippen molar-refractivity contribution in [3.8, 4) is 0 Å². The van der Waals surface area contributed by atoms with Crippen LogP contribution in [0.1, 0.15) is 32.4 Å². The number of nitrogens with one attached hydrogen (secondary N) is 1. The van der Waals surface area contributed by atoms with E-state index in [0.717, 1.165) is 6.42 Å². The molecule has 7 heteroatoms. The predicted molar refractivity (Wildman–Crippen MR) is 77.1 cm³/mol. The number of carboxylic acid groups (broad SMARTS) is 1. The van der Waals surface area contributed by atoms with Gasteiger partial charge in [-0.2, -0.15) is 0 Å². The molecule has 1 atom stereocenters. The summed E-state index contributed by atoms with van der Waals surface area (Å²) in [6.45, 7) is 3.93. The molecule has 0 radical (unpaired) electrons. The summed E-state index contributed by atoms with van der Waals surface area (Å²) in [4.78, 5) is 28.7. The number of carboxylic acids is 1. The Morgan fingerprint density at radius 1 is 1.60 bits per heavy atom. The molecule has 0 aliphatic carbocycles. The number of nitrogens with zero attached hydrogens (tertiary/aromatic N) is 2. The zero-order valence-electron chi connectivity index (χ0n) is 11.8. The van der Waals surface area contributed by atoms with E-state index >= 15 is 0 Å². The van der Waals surface area contributed by atoms with E-state index in [0.29, 0.717) is 23.8 Å². The smallest absolute Gasteiger partial charge is 0.315 e. The van der Waals surface area contributed by atoms with Crippen LogP contribution >= 0.6 is 11.3 Å². The Bertz CT molecular complexity index is 527. The number of aliphatic carboxylic acids is 1. The van der Waals surface area contributed by atoms with E-state index in [2.05, 4.69) is 10.3 Å². The van der Waals surface area contributed by atoms with Crippen molar-refractivity contribution in [3.63, 3.8) is 0 Å². The van der Waals surface area contributed by atoms with Crippen molar-refractivity contribution in [1.29, 1.82) is 0 Å². The second-order valence-corrected chi connectivity index (χ2v) is 6.48. The summed E-state index contributed by atoms with van der Waals surface area (Å²) in [7, 11) is 1.79. The van der Waals surface area contributed by atoms with Crippen LogP contribution in [0.15, 0.2) is 5.38 Å². The van der Waals surface area contributed by atoms with Crippen molar-refractivity contribution in [2.75, 3.05) is 18.9 Å². The molecule has 0 aromatic carbocycles. The first kappa shape index (κ1) is 14.8. The van der Waals surface area contributed by atoms with Crippen LogP contribution in [0.25, 0.3) is 0 Å². The van der Waals surface area contributed by atoms with E-state index in [1.807, 2.05) is 0 Å². The first-order valence-electron chi connectivity index (χ1n) is 6.50. The minimum absolute atomic E-state index is 0.162. The number of thiazole rings is 1. The van der Waals surface area contributed by atoms with Gasteiger partial charge in [-0.1, -0.05) is 0 Å². The highest BCUT2D eigenvalue weighted by Gasteiger charge is 2.32. The number of aromatic nitrogens is 1. The van der Waals surface area contributed by atoms with Crippen molar-refractivity contribution < 1.29 is 14.7 Å². The van der Waals surface area contributed by atoms with Crippen molar-refractivity contribution in [3.05, 3.63) is 11.1 Å². The molecule has 0 saturated carbocycles.